The standard InChI is InChI=1S/C27H26N6O2/c1-18-5-3-8-23(30-18)26-31-24(15-25(28-2)32-26)22-14-21(16-29-17-22)19-6-4-7-20(13-19)27(34)33-9-11-35-12-10-33/h3-8,13-17H,9-12H2,1-2H3,(H,28,31,32). The van der Waals surface area contributed by atoms with Crippen LogP contribution in [0.4, 0.5) is 5.82 Å². The van der Waals surface area contributed by atoms with Crippen molar-refractivity contribution in [1.29, 1.82) is 0 Å². The number of pyridine rings is 2. The molecule has 35 heavy (non-hydrogen) atoms. The summed E-state index contributed by atoms with van der Waals surface area (Å²) in [5.41, 5.74) is 5.67. The number of hydrogen-bond donors (Lipinski definition) is 1. The molecule has 1 saturated heterocycles. The number of amides is 1. The zero-order valence-electron chi connectivity index (χ0n) is 19.7. The van der Waals surface area contributed by atoms with Crippen molar-refractivity contribution in [2.75, 3.05) is 38.7 Å². The Morgan fingerprint density at radius 1 is 0.886 bits per heavy atom. The molecule has 1 aliphatic heterocycles. The molecule has 1 aromatic carbocycles. The van der Waals surface area contributed by atoms with E-state index in [0.29, 0.717) is 49.2 Å². The average Bonchev–Trinajstić information content (AvgIpc) is 2.93. The molecule has 5 rings (SSSR count). The normalized spacial score (nSPS) is 13.5. The van der Waals surface area contributed by atoms with Gasteiger partial charge in [0, 0.05) is 61.0 Å². The molecule has 0 unspecified atom stereocenters. The topological polar surface area (TPSA) is 93.1 Å². The van der Waals surface area contributed by atoms with Gasteiger partial charge in [-0.1, -0.05) is 18.2 Å². The molecule has 1 aliphatic rings. The van der Waals surface area contributed by atoms with Crippen molar-refractivity contribution in [2.45, 2.75) is 6.92 Å². The van der Waals surface area contributed by atoms with Gasteiger partial charge >= 0.3 is 0 Å². The number of rotatable bonds is 5. The average molecular weight is 467 g/mol. The van der Waals surface area contributed by atoms with Crippen molar-refractivity contribution < 1.29 is 9.53 Å². The Morgan fingerprint density at radius 3 is 2.49 bits per heavy atom. The number of carbonyl (C=O) groups excluding carboxylic acids is 1. The molecule has 8 heteroatoms. The highest BCUT2D eigenvalue weighted by molar-refractivity contribution is 5.95. The minimum absolute atomic E-state index is 0.0176. The summed E-state index contributed by atoms with van der Waals surface area (Å²) < 4.78 is 5.37. The van der Waals surface area contributed by atoms with E-state index in [1.54, 1.807) is 12.4 Å². The lowest BCUT2D eigenvalue weighted by Crippen LogP contribution is -2.40. The lowest BCUT2D eigenvalue weighted by molar-refractivity contribution is 0.0303. The van der Waals surface area contributed by atoms with Crippen LogP contribution in [-0.4, -0.2) is 64.1 Å². The molecule has 4 heterocycles. The highest BCUT2D eigenvalue weighted by Gasteiger charge is 2.19. The van der Waals surface area contributed by atoms with Crippen molar-refractivity contribution in [3.05, 3.63) is 78.2 Å². The van der Waals surface area contributed by atoms with Gasteiger partial charge in [0.15, 0.2) is 5.82 Å². The summed E-state index contributed by atoms with van der Waals surface area (Å²) in [6.45, 7) is 4.31. The zero-order chi connectivity index (χ0) is 24.2. The fourth-order valence-electron chi connectivity index (χ4n) is 4.02. The molecule has 0 aliphatic carbocycles. The molecule has 1 N–H and O–H groups in total. The second-order valence-electron chi connectivity index (χ2n) is 8.32. The smallest absolute Gasteiger partial charge is 0.254 e. The Hall–Kier alpha value is -4.17. The third kappa shape index (κ3) is 5.02. The van der Waals surface area contributed by atoms with Gasteiger partial charge in [-0.3, -0.25) is 9.78 Å². The Bertz CT molecular complexity index is 1370. The molecule has 0 spiro atoms. The van der Waals surface area contributed by atoms with E-state index in [9.17, 15) is 4.79 Å². The Morgan fingerprint density at radius 2 is 1.69 bits per heavy atom. The largest absolute Gasteiger partial charge is 0.378 e. The molecule has 0 saturated carbocycles. The maximum absolute atomic E-state index is 13.0. The third-order valence-electron chi connectivity index (χ3n) is 5.87. The van der Waals surface area contributed by atoms with E-state index in [4.69, 9.17) is 9.72 Å². The second kappa shape index (κ2) is 9.99. The van der Waals surface area contributed by atoms with Crippen LogP contribution >= 0.6 is 0 Å². The van der Waals surface area contributed by atoms with Crippen LogP contribution in [-0.2, 0) is 4.74 Å². The predicted octanol–water partition coefficient (Wildman–Crippen LogP) is 4.09. The van der Waals surface area contributed by atoms with Gasteiger partial charge in [0.2, 0.25) is 0 Å². The Labute approximate surface area is 204 Å². The quantitative estimate of drug-likeness (QED) is 0.473. The molecule has 8 nitrogen and oxygen atoms in total. The van der Waals surface area contributed by atoms with Crippen LogP contribution in [0.25, 0.3) is 33.9 Å². The molecule has 1 amide bonds. The minimum atomic E-state index is 0.0176. The van der Waals surface area contributed by atoms with Crippen LogP contribution in [0.3, 0.4) is 0 Å². The second-order valence-corrected chi connectivity index (χ2v) is 8.32. The van der Waals surface area contributed by atoms with Crippen LogP contribution < -0.4 is 5.32 Å². The third-order valence-corrected chi connectivity index (χ3v) is 5.87. The molecular formula is C27H26N6O2. The number of anilines is 1. The molecular weight excluding hydrogens is 440 g/mol. The van der Waals surface area contributed by atoms with Crippen molar-refractivity contribution in [3.63, 3.8) is 0 Å². The molecule has 3 aromatic heterocycles. The number of aromatic nitrogens is 4. The molecule has 176 valence electrons. The Kier molecular flexibility index (Phi) is 6.45. The summed E-state index contributed by atoms with van der Waals surface area (Å²) >= 11 is 0. The number of carbonyl (C=O) groups is 1. The summed E-state index contributed by atoms with van der Waals surface area (Å²) in [7, 11) is 1.82. The summed E-state index contributed by atoms with van der Waals surface area (Å²) in [6.07, 6.45) is 3.58. The molecule has 1 fully saturated rings. The van der Waals surface area contributed by atoms with Gasteiger partial charge in [-0.25, -0.2) is 15.0 Å². The maximum atomic E-state index is 13.0. The van der Waals surface area contributed by atoms with Crippen molar-refractivity contribution in [1.82, 2.24) is 24.8 Å². The van der Waals surface area contributed by atoms with E-state index in [1.807, 2.05) is 73.5 Å². The van der Waals surface area contributed by atoms with E-state index in [2.05, 4.69) is 20.3 Å². The lowest BCUT2D eigenvalue weighted by atomic mass is 10.0. The van der Waals surface area contributed by atoms with Crippen LogP contribution in [0.2, 0.25) is 0 Å². The first-order valence-corrected chi connectivity index (χ1v) is 11.5. The minimum Gasteiger partial charge on any atom is -0.378 e. The number of morpholine rings is 1. The number of benzene rings is 1. The van der Waals surface area contributed by atoms with Gasteiger partial charge in [-0.05, 0) is 42.8 Å². The maximum Gasteiger partial charge on any atom is 0.254 e. The number of ether oxygens (including phenoxy) is 1. The van der Waals surface area contributed by atoms with E-state index in [1.165, 1.54) is 0 Å². The first-order chi connectivity index (χ1) is 17.1. The molecule has 4 aromatic rings. The highest BCUT2D eigenvalue weighted by atomic mass is 16.5. The van der Waals surface area contributed by atoms with Gasteiger partial charge in [0.25, 0.3) is 5.91 Å². The van der Waals surface area contributed by atoms with Gasteiger partial charge in [0.1, 0.15) is 11.5 Å². The number of nitrogens with zero attached hydrogens (tertiary/aromatic N) is 5. The fraction of sp³-hybridized carbons (Fsp3) is 0.222. The van der Waals surface area contributed by atoms with Crippen LogP contribution in [0.1, 0.15) is 16.1 Å². The number of aryl methyl sites for hydroxylation is 1. The van der Waals surface area contributed by atoms with Crippen molar-refractivity contribution in [2.24, 2.45) is 0 Å². The van der Waals surface area contributed by atoms with E-state index < -0.39 is 0 Å². The van der Waals surface area contributed by atoms with E-state index in [0.717, 1.165) is 28.1 Å². The van der Waals surface area contributed by atoms with Crippen LogP contribution in [0.5, 0.6) is 0 Å². The highest BCUT2D eigenvalue weighted by Crippen LogP contribution is 2.28. The van der Waals surface area contributed by atoms with Gasteiger partial charge < -0.3 is 15.0 Å². The summed E-state index contributed by atoms with van der Waals surface area (Å²) in [4.78, 5) is 33.2. The van der Waals surface area contributed by atoms with Gasteiger partial charge in [0.05, 0.1) is 18.9 Å². The van der Waals surface area contributed by atoms with E-state index in [-0.39, 0.29) is 5.91 Å². The number of nitrogens with one attached hydrogen (secondary N) is 1. The van der Waals surface area contributed by atoms with Gasteiger partial charge in [-0.15, -0.1) is 0 Å². The summed E-state index contributed by atoms with van der Waals surface area (Å²) in [6, 6.07) is 17.4. The summed E-state index contributed by atoms with van der Waals surface area (Å²) in [5, 5.41) is 3.11. The van der Waals surface area contributed by atoms with Crippen LogP contribution in [0, 0.1) is 6.92 Å². The van der Waals surface area contributed by atoms with Gasteiger partial charge in [-0.2, -0.15) is 0 Å². The van der Waals surface area contributed by atoms with Crippen molar-refractivity contribution >= 4 is 11.7 Å². The first-order valence-electron chi connectivity index (χ1n) is 11.5. The summed E-state index contributed by atoms with van der Waals surface area (Å²) in [5.74, 6) is 1.25. The SMILES string of the molecule is CNc1cc(-c2cncc(-c3cccc(C(=O)N4CCOCC4)c3)c2)nc(-c2cccc(C)n2)n1. The zero-order valence-corrected chi connectivity index (χ0v) is 19.7. The molecule has 0 radical (unpaired) electrons. The predicted molar refractivity (Wildman–Crippen MR) is 135 cm³/mol. The van der Waals surface area contributed by atoms with Crippen LogP contribution in [0.15, 0.2) is 67.0 Å². The Balaban J connectivity index is 1.49. The van der Waals surface area contributed by atoms with E-state index >= 15 is 0 Å². The molecule has 0 atom stereocenters. The fourth-order valence-corrected chi connectivity index (χ4v) is 4.02. The van der Waals surface area contributed by atoms with Crippen molar-refractivity contribution in [3.8, 4) is 33.9 Å². The monoisotopic (exact) mass is 466 g/mol. The lowest BCUT2D eigenvalue weighted by Gasteiger charge is -2.27. The molecule has 0 bridgehead atoms. The first kappa shape index (κ1) is 22.6. The number of hydrogen-bond acceptors (Lipinski definition) is 7.